The topological polar surface area (TPSA) is 58.6 Å². The average molecular weight is 546 g/mol. The summed E-state index contributed by atoms with van der Waals surface area (Å²) in [5.41, 5.74) is 1.20. The van der Waals surface area contributed by atoms with Gasteiger partial charge in [-0.2, -0.15) is 0 Å². The zero-order chi connectivity index (χ0) is 21.3. The summed E-state index contributed by atoms with van der Waals surface area (Å²) in [6.45, 7) is 11.5. The number of hydrogen-bond donors (Lipinski definition) is 1. The highest BCUT2D eigenvalue weighted by Gasteiger charge is 2.25. The van der Waals surface area contributed by atoms with Crippen LogP contribution in [0, 0.1) is 5.92 Å². The van der Waals surface area contributed by atoms with E-state index >= 15 is 0 Å². The largest absolute Gasteiger partial charge is 0.493 e. The summed E-state index contributed by atoms with van der Waals surface area (Å²) in [7, 11) is 3.36. The number of morpholine rings is 1. The molecule has 0 saturated carbocycles. The molecule has 1 N–H and O–H groups in total. The second kappa shape index (κ2) is 13.3. The maximum atomic E-state index is 5.60. The van der Waals surface area contributed by atoms with E-state index in [1.165, 1.54) is 18.4 Å². The second-order valence-electron chi connectivity index (χ2n) is 8.17. The molecule has 1 aromatic carbocycles. The number of nitrogens with zero attached hydrogens (tertiary/aromatic N) is 3. The first kappa shape index (κ1) is 26.0. The van der Waals surface area contributed by atoms with Crippen molar-refractivity contribution in [1.29, 1.82) is 0 Å². The molecule has 0 spiro atoms. The van der Waals surface area contributed by atoms with Crippen LogP contribution in [0.4, 0.5) is 0 Å². The molecule has 7 nitrogen and oxygen atoms in total. The highest BCUT2D eigenvalue weighted by Crippen LogP contribution is 2.32. The van der Waals surface area contributed by atoms with Crippen LogP contribution in [0.25, 0.3) is 0 Å². The van der Waals surface area contributed by atoms with Crippen LogP contribution in [0.15, 0.2) is 23.2 Å². The molecule has 2 saturated heterocycles. The highest BCUT2D eigenvalue weighted by molar-refractivity contribution is 14.0. The number of rotatable bonds is 7. The summed E-state index contributed by atoms with van der Waals surface area (Å²) < 4.78 is 16.6. The Balaban J connectivity index is 0.00000341. The van der Waals surface area contributed by atoms with E-state index in [2.05, 4.69) is 41.1 Å². The molecule has 176 valence electrons. The average Bonchev–Trinajstić information content (AvgIpc) is 2.79. The number of benzene rings is 1. The first-order chi connectivity index (χ1) is 14.7. The third kappa shape index (κ3) is 7.12. The fourth-order valence-corrected chi connectivity index (χ4v) is 4.36. The molecule has 0 aromatic heterocycles. The zero-order valence-electron chi connectivity index (χ0n) is 19.4. The summed E-state index contributed by atoms with van der Waals surface area (Å²) >= 11 is 0. The number of piperidine rings is 1. The van der Waals surface area contributed by atoms with Crippen molar-refractivity contribution in [2.45, 2.75) is 32.7 Å². The van der Waals surface area contributed by atoms with Crippen LogP contribution in [0.2, 0.25) is 0 Å². The third-order valence-electron chi connectivity index (χ3n) is 5.98. The molecule has 2 atom stereocenters. The van der Waals surface area contributed by atoms with Crippen molar-refractivity contribution in [1.82, 2.24) is 15.1 Å². The smallest absolute Gasteiger partial charge is 0.193 e. The van der Waals surface area contributed by atoms with E-state index in [0.717, 1.165) is 63.4 Å². The highest BCUT2D eigenvalue weighted by atomic mass is 127. The van der Waals surface area contributed by atoms with E-state index in [1.54, 1.807) is 14.2 Å². The van der Waals surface area contributed by atoms with Gasteiger partial charge in [0.25, 0.3) is 0 Å². The first-order valence-electron chi connectivity index (χ1n) is 11.2. The Morgan fingerprint density at radius 3 is 2.58 bits per heavy atom. The molecule has 2 fully saturated rings. The van der Waals surface area contributed by atoms with Crippen LogP contribution >= 0.6 is 24.0 Å². The monoisotopic (exact) mass is 546 g/mol. The molecule has 0 radical (unpaired) electrons. The predicted molar refractivity (Wildman–Crippen MR) is 136 cm³/mol. The quantitative estimate of drug-likeness (QED) is 0.322. The number of nitrogens with one attached hydrogen (secondary N) is 1. The van der Waals surface area contributed by atoms with Crippen LogP contribution in [0.1, 0.15) is 38.3 Å². The molecule has 2 aliphatic heterocycles. The number of methoxy groups -OCH3 is 2. The van der Waals surface area contributed by atoms with Gasteiger partial charge in [-0.25, -0.2) is 0 Å². The van der Waals surface area contributed by atoms with Gasteiger partial charge in [0.05, 0.1) is 40.0 Å². The number of halogens is 1. The molecule has 2 aliphatic rings. The molecular weight excluding hydrogens is 507 g/mol. The van der Waals surface area contributed by atoms with Crippen molar-refractivity contribution in [2.24, 2.45) is 10.9 Å². The third-order valence-corrected chi connectivity index (χ3v) is 5.98. The maximum absolute atomic E-state index is 5.60. The van der Waals surface area contributed by atoms with Gasteiger partial charge in [0.15, 0.2) is 17.5 Å². The predicted octanol–water partition coefficient (Wildman–Crippen LogP) is 3.39. The molecule has 8 heteroatoms. The fourth-order valence-electron chi connectivity index (χ4n) is 4.36. The molecule has 2 unspecified atom stereocenters. The van der Waals surface area contributed by atoms with E-state index in [-0.39, 0.29) is 30.0 Å². The minimum Gasteiger partial charge on any atom is -0.493 e. The van der Waals surface area contributed by atoms with E-state index in [1.807, 2.05) is 6.07 Å². The number of ether oxygens (including phenoxy) is 3. The number of hydrogen-bond acceptors (Lipinski definition) is 5. The van der Waals surface area contributed by atoms with Crippen LogP contribution in [-0.4, -0.2) is 82.5 Å². The van der Waals surface area contributed by atoms with E-state index in [0.29, 0.717) is 12.5 Å². The van der Waals surface area contributed by atoms with Crippen molar-refractivity contribution in [3.63, 3.8) is 0 Å². The standard InChI is InChI=1S/C23H38N4O3.HI/c1-5-24-23(27-10-6-7-18(2)17-27)25-16-20(26-11-13-30-14-12-26)19-8-9-21(28-3)22(15-19)29-4;/h8-9,15,18,20H,5-7,10-14,16-17H2,1-4H3,(H,24,25);1H. The van der Waals surface area contributed by atoms with Crippen molar-refractivity contribution < 1.29 is 14.2 Å². The molecule has 0 amide bonds. The van der Waals surface area contributed by atoms with Gasteiger partial charge in [0, 0.05) is 32.7 Å². The van der Waals surface area contributed by atoms with Crippen molar-refractivity contribution >= 4 is 29.9 Å². The Labute approximate surface area is 204 Å². The van der Waals surface area contributed by atoms with Gasteiger partial charge in [-0.1, -0.05) is 13.0 Å². The second-order valence-corrected chi connectivity index (χ2v) is 8.17. The summed E-state index contributed by atoms with van der Waals surface area (Å²) in [5, 5.41) is 3.51. The van der Waals surface area contributed by atoms with Crippen molar-refractivity contribution in [3.8, 4) is 11.5 Å². The van der Waals surface area contributed by atoms with Crippen LogP contribution in [0.5, 0.6) is 11.5 Å². The summed E-state index contributed by atoms with van der Waals surface area (Å²) in [6, 6.07) is 6.38. The number of guanidine groups is 1. The van der Waals surface area contributed by atoms with Gasteiger partial charge >= 0.3 is 0 Å². The Kier molecular flexibility index (Phi) is 11.2. The summed E-state index contributed by atoms with van der Waals surface area (Å²) in [4.78, 5) is 9.99. The first-order valence-corrected chi connectivity index (χ1v) is 11.2. The Morgan fingerprint density at radius 2 is 1.94 bits per heavy atom. The lowest BCUT2D eigenvalue weighted by molar-refractivity contribution is 0.0179. The maximum Gasteiger partial charge on any atom is 0.193 e. The van der Waals surface area contributed by atoms with Crippen LogP contribution < -0.4 is 14.8 Å². The number of likely N-dealkylation sites (tertiary alicyclic amines) is 1. The van der Waals surface area contributed by atoms with Gasteiger partial charge < -0.3 is 24.4 Å². The lowest BCUT2D eigenvalue weighted by atomic mass is 10.0. The Bertz CT molecular complexity index is 697. The molecule has 3 rings (SSSR count). The van der Waals surface area contributed by atoms with Crippen molar-refractivity contribution in [2.75, 3.05) is 66.7 Å². The Hall–Kier alpha value is -1.26. The summed E-state index contributed by atoms with van der Waals surface area (Å²) in [6.07, 6.45) is 2.53. The van der Waals surface area contributed by atoms with Gasteiger partial charge in [-0.05, 0) is 43.4 Å². The lowest BCUT2D eigenvalue weighted by Gasteiger charge is -2.36. The van der Waals surface area contributed by atoms with Gasteiger partial charge in [0.1, 0.15) is 0 Å². The zero-order valence-corrected chi connectivity index (χ0v) is 21.8. The molecule has 31 heavy (non-hydrogen) atoms. The number of aliphatic imine (C=N–C) groups is 1. The molecule has 2 heterocycles. The fraction of sp³-hybridized carbons (Fsp3) is 0.696. The molecule has 0 aliphatic carbocycles. The lowest BCUT2D eigenvalue weighted by Crippen LogP contribution is -2.47. The molecular formula is C23H39IN4O3. The van der Waals surface area contributed by atoms with Crippen LogP contribution in [0.3, 0.4) is 0 Å². The van der Waals surface area contributed by atoms with Gasteiger partial charge in [0.2, 0.25) is 0 Å². The summed E-state index contributed by atoms with van der Waals surface area (Å²) in [5.74, 6) is 3.25. The van der Waals surface area contributed by atoms with Gasteiger partial charge in [-0.3, -0.25) is 9.89 Å². The normalized spacial score (nSPS) is 21.2. The van der Waals surface area contributed by atoms with Crippen LogP contribution in [-0.2, 0) is 4.74 Å². The molecule has 1 aromatic rings. The van der Waals surface area contributed by atoms with E-state index < -0.39 is 0 Å². The SMILES string of the molecule is CCNC(=NCC(c1ccc(OC)c(OC)c1)N1CCOCC1)N1CCCC(C)C1.I. The van der Waals surface area contributed by atoms with E-state index in [9.17, 15) is 0 Å². The van der Waals surface area contributed by atoms with E-state index in [4.69, 9.17) is 19.2 Å². The Morgan fingerprint density at radius 1 is 1.19 bits per heavy atom. The van der Waals surface area contributed by atoms with Gasteiger partial charge in [-0.15, -0.1) is 24.0 Å². The van der Waals surface area contributed by atoms with Crippen molar-refractivity contribution in [3.05, 3.63) is 23.8 Å². The molecule has 0 bridgehead atoms. The minimum atomic E-state index is 0. The minimum absolute atomic E-state index is 0.